The van der Waals surface area contributed by atoms with E-state index in [4.69, 9.17) is 14.5 Å². The molecule has 2 N–H and O–H groups in total. The molecule has 158 valence electrons. The highest BCUT2D eigenvalue weighted by Crippen LogP contribution is 2.26. The minimum Gasteiger partial charge on any atom is -0.493 e. The summed E-state index contributed by atoms with van der Waals surface area (Å²) in [5, 5.41) is 15.3. The van der Waals surface area contributed by atoms with Crippen LogP contribution >= 0.6 is 0 Å². The van der Waals surface area contributed by atoms with E-state index in [1.54, 1.807) is 7.11 Å². The summed E-state index contributed by atoms with van der Waals surface area (Å²) in [7, 11) is 1.65. The number of aromatic nitrogens is 3. The van der Waals surface area contributed by atoms with Crippen molar-refractivity contribution < 1.29 is 9.47 Å². The SMILES string of the molecule is CCNC(=NCc1nnc2n1CCCCC2)NCC(C)Oc1ccccc1OC. The Morgan fingerprint density at radius 1 is 1.17 bits per heavy atom. The lowest BCUT2D eigenvalue weighted by molar-refractivity contribution is 0.213. The van der Waals surface area contributed by atoms with Crippen molar-refractivity contribution >= 4 is 5.96 Å². The van der Waals surface area contributed by atoms with Gasteiger partial charge >= 0.3 is 0 Å². The molecule has 8 heteroatoms. The molecule has 1 atom stereocenters. The number of rotatable bonds is 8. The highest BCUT2D eigenvalue weighted by molar-refractivity contribution is 5.79. The lowest BCUT2D eigenvalue weighted by atomic mass is 10.2. The number of methoxy groups -OCH3 is 1. The molecule has 0 bridgehead atoms. The molecule has 0 amide bonds. The van der Waals surface area contributed by atoms with Crippen LogP contribution in [0.25, 0.3) is 0 Å². The molecule has 2 aromatic rings. The molecule has 0 radical (unpaired) electrons. The molecule has 1 aliphatic heterocycles. The molecule has 3 rings (SSSR count). The summed E-state index contributed by atoms with van der Waals surface area (Å²) in [6.45, 7) is 6.95. The average Bonchev–Trinajstić information content (AvgIpc) is 2.96. The maximum absolute atomic E-state index is 6.01. The molecule has 1 aromatic carbocycles. The molecule has 1 aliphatic rings. The van der Waals surface area contributed by atoms with Crippen LogP contribution in [0.1, 0.15) is 44.8 Å². The number of guanidine groups is 1. The largest absolute Gasteiger partial charge is 0.493 e. The highest BCUT2D eigenvalue weighted by Gasteiger charge is 2.14. The first kappa shape index (κ1) is 21.0. The molecule has 0 saturated heterocycles. The van der Waals surface area contributed by atoms with Crippen LogP contribution in [-0.4, -0.2) is 47.0 Å². The number of nitrogens with one attached hydrogen (secondary N) is 2. The monoisotopic (exact) mass is 400 g/mol. The summed E-state index contributed by atoms with van der Waals surface area (Å²) < 4.78 is 13.6. The van der Waals surface area contributed by atoms with Crippen molar-refractivity contribution in [3.63, 3.8) is 0 Å². The van der Waals surface area contributed by atoms with E-state index in [1.807, 2.05) is 31.2 Å². The number of hydrogen-bond donors (Lipinski definition) is 2. The molecular formula is C21H32N6O2. The van der Waals surface area contributed by atoms with E-state index in [2.05, 4.69) is 32.3 Å². The van der Waals surface area contributed by atoms with E-state index < -0.39 is 0 Å². The van der Waals surface area contributed by atoms with Gasteiger partial charge in [-0.25, -0.2) is 4.99 Å². The molecule has 29 heavy (non-hydrogen) atoms. The Bertz CT molecular complexity index is 804. The number of para-hydroxylation sites is 2. The van der Waals surface area contributed by atoms with Crippen molar-refractivity contribution in [2.75, 3.05) is 20.2 Å². The maximum Gasteiger partial charge on any atom is 0.191 e. The number of hydrogen-bond acceptors (Lipinski definition) is 5. The average molecular weight is 401 g/mol. The zero-order valence-electron chi connectivity index (χ0n) is 17.6. The number of benzene rings is 1. The van der Waals surface area contributed by atoms with Gasteiger partial charge in [0.15, 0.2) is 23.3 Å². The summed E-state index contributed by atoms with van der Waals surface area (Å²) in [6.07, 6.45) is 4.57. The molecule has 0 aliphatic carbocycles. The Hall–Kier alpha value is -2.77. The van der Waals surface area contributed by atoms with Crippen LogP contribution in [0.15, 0.2) is 29.3 Å². The minimum atomic E-state index is -0.0560. The summed E-state index contributed by atoms with van der Waals surface area (Å²) in [4.78, 5) is 4.70. The Balaban J connectivity index is 1.57. The predicted molar refractivity (Wildman–Crippen MR) is 113 cm³/mol. The van der Waals surface area contributed by atoms with Crippen molar-refractivity contribution in [3.05, 3.63) is 35.9 Å². The minimum absolute atomic E-state index is 0.0560. The van der Waals surface area contributed by atoms with Crippen LogP contribution in [0, 0.1) is 0 Å². The smallest absolute Gasteiger partial charge is 0.191 e. The number of aliphatic imine (C=N–C) groups is 1. The molecule has 8 nitrogen and oxygen atoms in total. The zero-order chi connectivity index (χ0) is 20.5. The summed E-state index contributed by atoms with van der Waals surface area (Å²) in [5.41, 5.74) is 0. The van der Waals surface area contributed by atoms with Gasteiger partial charge in [0.2, 0.25) is 0 Å². The fraction of sp³-hybridized carbons (Fsp3) is 0.571. The van der Waals surface area contributed by atoms with Gasteiger partial charge in [-0.15, -0.1) is 10.2 Å². The Kier molecular flexibility index (Phi) is 7.72. The van der Waals surface area contributed by atoms with Crippen LogP contribution in [0.3, 0.4) is 0 Å². The molecule has 0 spiro atoms. The normalized spacial score (nSPS) is 15.2. The summed E-state index contributed by atoms with van der Waals surface area (Å²) in [5.74, 6) is 4.22. The van der Waals surface area contributed by atoms with Crippen LogP contribution in [-0.2, 0) is 19.5 Å². The molecule has 1 aromatic heterocycles. The topological polar surface area (TPSA) is 85.6 Å². The third-order valence-electron chi connectivity index (χ3n) is 4.86. The van der Waals surface area contributed by atoms with Gasteiger partial charge in [-0.2, -0.15) is 0 Å². The van der Waals surface area contributed by atoms with E-state index >= 15 is 0 Å². The zero-order valence-corrected chi connectivity index (χ0v) is 17.6. The van der Waals surface area contributed by atoms with Gasteiger partial charge in [0, 0.05) is 19.5 Å². The third kappa shape index (κ3) is 5.85. The summed E-state index contributed by atoms with van der Waals surface area (Å²) >= 11 is 0. The first-order valence-corrected chi connectivity index (χ1v) is 10.4. The van der Waals surface area contributed by atoms with Crippen molar-refractivity contribution in [2.24, 2.45) is 4.99 Å². The van der Waals surface area contributed by atoms with E-state index in [0.717, 1.165) is 48.6 Å². The van der Waals surface area contributed by atoms with Crippen LogP contribution in [0.2, 0.25) is 0 Å². The fourth-order valence-corrected chi connectivity index (χ4v) is 3.37. The Morgan fingerprint density at radius 2 is 2.00 bits per heavy atom. The first-order chi connectivity index (χ1) is 14.2. The van der Waals surface area contributed by atoms with Gasteiger partial charge in [-0.3, -0.25) is 0 Å². The van der Waals surface area contributed by atoms with Crippen LogP contribution in [0.4, 0.5) is 0 Å². The van der Waals surface area contributed by atoms with E-state index in [-0.39, 0.29) is 6.10 Å². The Morgan fingerprint density at radius 3 is 2.79 bits per heavy atom. The number of ether oxygens (including phenoxy) is 2. The molecular weight excluding hydrogens is 368 g/mol. The highest BCUT2D eigenvalue weighted by atomic mass is 16.5. The number of nitrogens with zero attached hydrogens (tertiary/aromatic N) is 4. The lowest BCUT2D eigenvalue weighted by Gasteiger charge is -2.19. The fourth-order valence-electron chi connectivity index (χ4n) is 3.37. The standard InChI is InChI=1S/C21H32N6O2/c1-4-22-21(23-14-16(2)29-18-11-8-7-10-17(18)28-3)24-15-20-26-25-19-12-6-5-9-13-27(19)20/h7-8,10-11,16H,4-6,9,12-15H2,1-3H3,(H2,22,23,24). The van der Waals surface area contributed by atoms with Crippen LogP contribution < -0.4 is 20.1 Å². The van der Waals surface area contributed by atoms with Gasteiger partial charge in [0.25, 0.3) is 0 Å². The van der Waals surface area contributed by atoms with Crippen molar-refractivity contribution in [3.8, 4) is 11.5 Å². The lowest BCUT2D eigenvalue weighted by Crippen LogP contribution is -2.41. The van der Waals surface area contributed by atoms with Crippen LogP contribution in [0.5, 0.6) is 11.5 Å². The molecule has 0 saturated carbocycles. The van der Waals surface area contributed by atoms with Crippen molar-refractivity contribution in [2.45, 2.75) is 58.7 Å². The van der Waals surface area contributed by atoms with E-state index in [1.165, 1.54) is 19.3 Å². The maximum atomic E-state index is 6.01. The third-order valence-corrected chi connectivity index (χ3v) is 4.86. The molecule has 2 heterocycles. The second-order valence-corrected chi connectivity index (χ2v) is 7.15. The van der Waals surface area contributed by atoms with Gasteiger partial charge in [0.1, 0.15) is 18.5 Å². The van der Waals surface area contributed by atoms with E-state index in [0.29, 0.717) is 13.1 Å². The summed E-state index contributed by atoms with van der Waals surface area (Å²) in [6, 6.07) is 7.66. The molecule has 0 fully saturated rings. The number of fused-ring (bicyclic) bond motifs is 1. The van der Waals surface area contributed by atoms with Gasteiger partial charge < -0.3 is 24.7 Å². The second-order valence-electron chi connectivity index (χ2n) is 7.15. The predicted octanol–water partition coefficient (Wildman–Crippen LogP) is 2.54. The van der Waals surface area contributed by atoms with E-state index in [9.17, 15) is 0 Å². The second kappa shape index (κ2) is 10.7. The van der Waals surface area contributed by atoms with Gasteiger partial charge in [-0.1, -0.05) is 18.6 Å². The number of aryl methyl sites for hydroxylation is 1. The Labute approximate surface area is 172 Å². The van der Waals surface area contributed by atoms with Gasteiger partial charge in [-0.05, 0) is 38.8 Å². The quantitative estimate of drug-likeness (QED) is 0.523. The first-order valence-electron chi connectivity index (χ1n) is 10.4. The van der Waals surface area contributed by atoms with Crippen molar-refractivity contribution in [1.29, 1.82) is 0 Å². The van der Waals surface area contributed by atoms with Crippen molar-refractivity contribution in [1.82, 2.24) is 25.4 Å². The molecule has 1 unspecified atom stereocenters. The van der Waals surface area contributed by atoms with Gasteiger partial charge in [0.05, 0.1) is 13.7 Å².